The zero-order chi connectivity index (χ0) is 12.4. The van der Waals surface area contributed by atoms with Crippen LogP contribution in [-0.2, 0) is 4.79 Å². The minimum atomic E-state index is 0.409. The molecule has 102 valence electrons. The molecule has 0 bridgehead atoms. The van der Waals surface area contributed by atoms with Crippen LogP contribution in [0.4, 0.5) is 0 Å². The van der Waals surface area contributed by atoms with Crippen molar-refractivity contribution in [2.45, 2.75) is 51.4 Å². The minimum absolute atomic E-state index is 0.409. The average Bonchev–Trinajstić information content (AvgIpc) is 2.35. The number of amides is 1. The van der Waals surface area contributed by atoms with Crippen LogP contribution in [0.15, 0.2) is 0 Å². The molecule has 1 amide bonds. The van der Waals surface area contributed by atoms with Gasteiger partial charge >= 0.3 is 0 Å². The molecule has 3 heteroatoms. The van der Waals surface area contributed by atoms with E-state index in [1.165, 1.54) is 44.9 Å². The maximum Gasteiger partial charge on any atom is 0.222 e. The summed E-state index contributed by atoms with van der Waals surface area (Å²) in [6.07, 6.45) is 10.4. The third-order valence-electron chi connectivity index (χ3n) is 5.42. The lowest BCUT2D eigenvalue weighted by molar-refractivity contribution is -0.135. The van der Waals surface area contributed by atoms with Gasteiger partial charge in [-0.1, -0.05) is 19.3 Å². The van der Waals surface area contributed by atoms with Gasteiger partial charge in [-0.15, -0.1) is 0 Å². The van der Waals surface area contributed by atoms with Crippen LogP contribution < -0.4 is 5.32 Å². The summed E-state index contributed by atoms with van der Waals surface area (Å²) in [5.41, 5.74) is 0.618. The Morgan fingerprint density at radius 1 is 1.06 bits per heavy atom. The maximum atomic E-state index is 12.2. The maximum absolute atomic E-state index is 12.2. The quantitative estimate of drug-likeness (QED) is 0.814. The normalized spacial score (nSPS) is 28.1. The smallest absolute Gasteiger partial charge is 0.222 e. The Morgan fingerprint density at radius 2 is 1.72 bits per heavy atom. The summed E-state index contributed by atoms with van der Waals surface area (Å²) in [5, 5.41) is 3.25. The molecule has 3 aliphatic rings. The van der Waals surface area contributed by atoms with E-state index in [0.717, 1.165) is 32.6 Å². The zero-order valence-electron chi connectivity index (χ0n) is 11.4. The molecule has 0 aromatic carbocycles. The van der Waals surface area contributed by atoms with Crippen LogP contribution in [0.5, 0.6) is 0 Å². The van der Waals surface area contributed by atoms with Gasteiger partial charge in [-0.05, 0) is 50.1 Å². The molecule has 2 saturated heterocycles. The molecule has 3 rings (SSSR count). The van der Waals surface area contributed by atoms with Crippen molar-refractivity contribution in [1.29, 1.82) is 0 Å². The molecule has 1 aliphatic carbocycles. The first-order chi connectivity index (χ1) is 8.77. The lowest BCUT2D eigenvalue weighted by Crippen LogP contribution is -2.48. The van der Waals surface area contributed by atoms with Crippen molar-refractivity contribution in [3.05, 3.63) is 0 Å². The summed E-state index contributed by atoms with van der Waals surface area (Å²) in [6.45, 7) is 4.14. The number of hydrogen-bond acceptors (Lipinski definition) is 2. The summed E-state index contributed by atoms with van der Waals surface area (Å²) in [4.78, 5) is 14.3. The van der Waals surface area contributed by atoms with Crippen LogP contribution in [0.3, 0.4) is 0 Å². The van der Waals surface area contributed by atoms with E-state index >= 15 is 0 Å². The Balaban J connectivity index is 1.48. The molecule has 2 aliphatic heterocycles. The standard InChI is InChI=1S/C15H26N2O/c18-14(10-13-11-16-12-13)17-8-6-15(7-9-17)4-2-1-3-5-15/h13,16H,1-12H2. The predicted octanol–water partition coefficient (Wildman–Crippen LogP) is 2.17. The van der Waals surface area contributed by atoms with Gasteiger partial charge in [0.2, 0.25) is 5.91 Å². The van der Waals surface area contributed by atoms with Crippen molar-refractivity contribution in [3.63, 3.8) is 0 Å². The molecule has 3 fully saturated rings. The van der Waals surface area contributed by atoms with E-state index in [-0.39, 0.29) is 0 Å². The van der Waals surface area contributed by atoms with E-state index in [1.807, 2.05) is 0 Å². The van der Waals surface area contributed by atoms with E-state index in [2.05, 4.69) is 10.2 Å². The molecule has 3 nitrogen and oxygen atoms in total. The van der Waals surface area contributed by atoms with Crippen molar-refractivity contribution in [2.75, 3.05) is 26.2 Å². The number of hydrogen-bond donors (Lipinski definition) is 1. The molecule has 0 atom stereocenters. The Labute approximate surface area is 110 Å². The van der Waals surface area contributed by atoms with E-state index in [1.54, 1.807) is 0 Å². The number of nitrogens with zero attached hydrogens (tertiary/aromatic N) is 1. The SMILES string of the molecule is O=C(CC1CNC1)N1CCC2(CCCCC2)CC1. The second-order valence-electron chi connectivity index (χ2n) is 6.67. The van der Waals surface area contributed by atoms with Crippen molar-refractivity contribution in [1.82, 2.24) is 10.2 Å². The van der Waals surface area contributed by atoms with E-state index in [4.69, 9.17) is 0 Å². The van der Waals surface area contributed by atoms with E-state index in [9.17, 15) is 4.79 Å². The molecule has 0 aromatic rings. The second-order valence-corrected chi connectivity index (χ2v) is 6.67. The van der Waals surface area contributed by atoms with Gasteiger partial charge in [0.15, 0.2) is 0 Å². The fraction of sp³-hybridized carbons (Fsp3) is 0.933. The van der Waals surface area contributed by atoms with Gasteiger partial charge < -0.3 is 10.2 Å². The zero-order valence-corrected chi connectivity index (χ0v) is 11.4. The number of carbonyl (C=O) groups excluding carboxylic acids is 1. The molecule has 2 heterocycles. The van der Waals surface area contributed by atoms with Crippen molar-refractivity contribution >= 4 is 5.91 Å². The molecule has 0 radical (unpaired) electrons. The van der Waals surface area contributed by atoms with E-state index in [0.29, 0.717) is 17.2 Å². The largest absolute Gasteiger partial charge is 0.343 e. The summed E-state index contributed by atoms with van der Waals surface area (Å²) in [6, 6.07) is 0. The van der Waals surface area contributed by atoms with Gasteiger partial charge in [-0.2, -0.15) is 0 Å². The lowest BCUT2D eigenvalue weighted by Gasteiger charge is -2.44. The average molecular weight is 250 g/mol. The molecule has 1 saturated carbocycles. The summed E-state index contributed by atoms with van der Waals surface area (Å²) in [5.74, 6) is 1.02. The molecule has 1 N–H and O–H groups in total. The Kier molecular flexibility index (Phi) is 3.60. The molecular weight excluding hydrogens is 224 g/mol. The highest BCUT2D eigenvalue weighted by Gasteiger charge is 2.37. The Hall–Kier alpha value is -0.570. The third kappa shape index (κ3) is 2.56. The monoisotopic (exact) mass is 250 g/mol. The van der Waals surface area contributed by atoms with Gasteiger partial charge in [0.25, 0.3) is 0 Å². The summed E-state index contributed by atoms with van der Waals surface area (Å²) >= 11 is 0. The van der Waals surface area contributed by atoms with Gasteiger partial charge in [0.1, 0.15) is 0 Å². The molecular formula is C15H26N2O. The Morgan fingerprint density at radius 3 is 2.28 bits per heavy atom. The van der Waals surface area contributed by atoms with Crippen molar-refractivity contribution in [2.24, 2.45) is 11.3 Å². The number of nitrogens with one attached hydrogen (secondary N) is 1. The Bertz CT molecular complexity index is 296. The number of carbonyl (C=O) groups is 1. The first-order valence-electron chi connectivity index (χ1n) is 7.76. The van der Waals surface area contributed by atoms with Gasteiger partial charge in [0.05, 0.1) is 0 Å². The number of likely N-dealkylation sites (tertiary alicyclic amines) is 1. The number of piperidine rings is 1. The predicted molar refractivity (Wildman–Crippen MR) is 72.3 cm³/mol. The third-order valence-corrected chi connectivity index (χ3v) is 5.42. The van der Waals surface area contributed by atoms with Crippen LogP contribution in [0.1, 0.15) is 51.4 Å². The first-order valence-corrected chi connectivity index (χ1v) is 7.76. The molecule has 0 aromatic heterocycles. The van der Waals surface area contributed by atoms with Crippen LogP contribution in [-0.4, -0.2) is 37.0 Å². The van der Waals surface area contributed by atoms with Crippen LogP contribution >= 0.6 is 0 Å². The number of rotatable bonds is 2. The van der Waals surface area contributed by atoms with Crippen LogP contribution in [0.25, 0.3) is 0 Å². The molecule has 0 unspecified atom stereocenters. The topological polar surface area (TPSA) is 32.3 Å². The molecule has 18 heavy (non-hydrogen) atoms. The highest BCUT2D eigenvalue weighted by Crippen LogP contribution is 2.44. The van der Waals surface area contributed by atoms with Gasteiger partial charge in [-0.3, -0.25) is 4.79 Å². The van der Waals surface area contributed by atoms with Gasteiger partial charge in [0, 0.05) is 19.5 Å². The lowest BCUT2D eigenvalue weighted by atomic mass is 9.68. The van der Waals surface area contributed by atoms with E-state index < -0.39 is 0 Å². The fourth-order valence-electron chi connectivity index (χ4n) is 3.90. The van der Waals surface area contributed by atoms with Crippen LogP contribution in [0.2, 0.25) is 0 Å². The van der Waals surface area contributed by atoms with Gasteiger partial charge in [-0.25, -0.2) is 0 Å². The first kappa shape index (κ1) is 12.5. The van der Waals surface area contributed by atoms with Crippen molar-refractivity contribution in [3.8, 4) is 0 Å². The highest BCUT2D eigenvalue weighted by atomic mass is 16.2. The second kappa shape index (κ2) is 5.20. The van der Waals surface area contributed by atoms with Crippen molar-refractivity contribution < 1.29 is 4.79 Å². The fourth-order valence-corrected chi connectivity index (χ4v) is 3.90. The minimum Gasteiger partial charge on any atom is -0.343 e. The highest BCUT2D eigenvalue weighted by molar-refractivity contribution is 5.76. The molecule has 1 spiro atoms. The summed E-state index contributed by atoms with van der Waals surface area (Å²) in [7, 11) is 0. The van der Waals surface area contributed by atoms with Crippen LogP contribution in [0, 0.1) is 11.3 Å². The summed E-state index contributed by atoms with van der Waals surface area (Å²) < 4.78 is 0.